The Kier molecular flexibility index (Phi) is 2.69. The van der Waals surface area contributed by atoms with E-state index >= 15 is 0 Å². The third-order valence-corrected chi connectivity index (χ3v) is 2.13. The number of hydroxylamine groups is 1. The fraction of sp³-hybridized carbons (Fsp3) is 0.182. The van der Waals surface area contributed by atoms with E-state index in [2.05, 4.69) is 5.48 Å². The molecule has 0 saturated carbocycles. The van der Waals surface area contributed by atoms with Crippen molar-refractivity contribution in [2.75, 3.05) is 0 Å². The van der Waals surface area contributed by atoms with Gasteiger partial charge in [0.25, 0.3) is 0 Å². The summed E-state index contributed by atoms with van der Waals surface area (Å²) in [5, 5.41) is 8.59. The van der Waals surface area contributed by atoms with Gasteiger partial charge >= 0.3 is 5.97 Å². The van der Waals surface area contributed by atoms with Gasteiger partial charge in [0.15, 0.2) is 0 Å². The number of rotatable bonds is 3. The van der Waals surface area contributed by atoms with Gasteiger partial charge < -0.3 is 5.11 Å². The highest BCUT2D eigenvalue weighted by atomic mass is 16.7. The molecular formula is C11H11NO3. The number of nitrogens with one attached hydrogen (secondary N) is 1. The van der Waals surface area contributed by atoms with E-state index in [1.54, 1.807) is 6.08 Å². The van der Waals surface area contributed by atoms with Gasteiger partial charge in [0.05, 0.1) is 12.1 Å². The second-order valence-corrected chi connectivity index (χ2v) is 3.30. The van der Waals surface area contributed by atoms with E-state index in [1.165, 1.54) is 0 Å². The number of hydrogen-bond acceptors (Lipinski definition) is 3. The summed E-state index contributed by atoms with van der Waals surface area (Å²) in [6.07, 6.45) is 1.37. The first-order valence-corrected chi connectivity index (χ1v) is 4.66. The molecule has 0 aromatic heterocycles. The van der Waals surface area contributed by atoms with Gasteiger partial charge in [0, 0.05) is 0 Å². The van der Waals surface area contributed by atoms with Crippen LogP contribution in [0.1, 0.15) is 12.0 Å². The van der Waals surface area contributed by atoms with Crippen molar-refractivity contribution in [3.63, 3.8) is 0 Å². The predicted molar refractivity (Wildman–Crippen MR) is 54.7 cm³/mol. The SMILES string of the molecule is O=C(O)CC1C=C(c2ccccc2)NO1. The van der Waals surface area contributed by atoms with Crippen LogP contribution in [0.3, 0.4) is 0 Å². The molecule has 0 saturated heterocycles. The minimum Gasteiger partial charge on any atom is -0.481 e. The summed E-state index contributed by atoms with van der Waals surface area (Å²) in [5.41, 5.74) is 4.54. The number of benzene rings is 1. The second kappa shape index (κ2) is 4.14. The van der Waals surface area contributed by atoms with Gasteiger partial charge in [0.2, 0.25) is 0 Å². The van der Waals surface area contributed by atoms with Crippen molar-refractivity contribution < 1.29 is 14.7 Å². The summed E-state index contributed by atoms with van der Waals surface area (Å²) in [6.45, 7) is 0. The van der Waals surface area contributed by atoms with Gasteiger partial charge in [-0.25, -0.2) is 0 Å². The smallest absolute Gasteiger partial charge is 0.306 e. The molecule has 78 valence electrons. The van der Waals surface area contributed by atoms with Crippen molar-refractivity contribution in [3.05, 3.63) is 42.0 Å². The maximum Gasteiger partial charge on any atom is 0.306 e. The minimum absolute atomic E-state index is 0.0245. The Bertz CT molecular complexity index is 386. The molecule has 15 heavy (non-hydrogen) atoms. The van der Waals surface area contributed by atoms with Crippen LogP contribution in [0, 0.1) is 0 Å². The van der Waals surface area contributed by atoms with Crippen LogP contribution in [-0.2, 0) is 9.63 Å². The number of carbonyl (C=O) groups is 1. The average Bonchev–Trinajstić information content (AvgIpc) is 2.67. The molecule has 1 atom stereocenters. The molecule has 0 aliphatic carbocycles. The van der Waals surface area contributed by atoms with Gasteiger partial charge in [-0.3, -0.25) is 15.1 Å². The molecule has 1 heterocycles. The Hall–Kier alpha value is -1.81. The molecule has 0 fully saturated rings. The lowest BCUT2D eigenvalue weighted by Crippen LogP contribution is -2.15. The zero-order valence-corrected chi connectivity index (χ0v) is 8.01. The van der Waals surface area contributed by atoms with Gasteiger partial charge in [-0.2, -0.15) is 0 Å². The van der Waals surface area contributed by atoms with E-state index in [4.69, 9.17) is 9.94 Å². The molecule has 0 amide bonds. The van der Waals surface area contributed by atoms with Gasteiger partial charge in [0.1, 0.15) is 6.10 Å². The Morgan fingerprint density at radius 2 is 2.13 bits per heavy atom. The number of aliphatic carboxylic acids is 1. The maximum absolute atomic E-state index is 10.5. The van der Waals surface area contributed by atoms with Crippen molar-refractivity contribution in [2.24, 2.45) is 0 Å². The highest BCUT2D eigenvalue weighted by molar-refractivity contribution is 5.70. The molecular weight excluding hydrogens is 194 g/mol. The molecule has 2 rings (SSSR count). The fourth-order valence-corrected chi connectivity index (χ4v) is 1.44. The Morgan fingerprint density at radius 1 is 1.40 bits per heavy atom. The molecule has 4 nitrogen and oxygen atoms in total. The molecule has 1 aromatic rings. The third kappa shape index (κ3) is 2.35. The first-order chi connectivity index (χ1) is 7.25. The summed E-state index contributed by atoms with van der Waals surface area (Å²) in [5.74, 6) is -0.868. The van der Waals surface area contributed by atoms with E-state index in [0.29, 0.717) is 0 Å². The summed E-state index contributed by atoms with van der Waals surface area (Å²) in [6, 6.07) is 9.63. The summed E-state index contributed by atoms with van der Waals surface area (Å²) in [4.78, 5) is 15.6. The molecule has 1 aliphatic rings. The van der Waals surface area contributed by atoms with Gasteiger partial charge in [-0.15, -0.1) is 0 Å². The van der Waals surface area contributed by atoms with Crippen molar-refractivity contribution in [1.29, 1.82) is 0 Å². The Morgan fingerprint density at radius 3 is 2.80 bits per heavy atom. The lowest BCUT2D eigenvalue weighted by atomic mass is 10.1. The van der Waals surface area contributed by atoms with Crippen LogP contribution < -0.4 is 5.48 Å². The number of carboxylic acid groups (broad SMARTS) is 1. The lowest BCUT2D eigenvalue weighted by Gasteiger charge is -2.03. The second-order valence-electron chi connectivity index (χ2n) is 3.30. The average molecular weight is 205 g/mol. The minimum atomic E-state index is -0.868. The molecule has 1 aromatic carbocycles. The normalized spacial score (nSPS) is 19.5. The predicted octanol–water partition coefficient (Wildman–Crippen LogP) is 1.41. The topological polar surface area (TPSA) is 58.6 Å². The highest BCUT2D eigenvalue weighted by Gasteiger charge is 2.19. The van der Waals surface area contributed by atoms with E-state index in [9.17, 15) is 4.79 Å². The first-order valence-electron chi connectivity index (χ1n) is 4.66. The third-order valence-electron chi connectivity index (χ3n) is 2.13. The van der Waals surface area contributed by atoms with Crippen LogP contribution in [0.2, 0.25) is 0 Å². The molecule has 0 spiro atoms. The largest absolute Gasteiger partial charge is 0.481 e. The van der Waals surface area contributed by atoms with Gasteiger partial charge in [-0.05, 0) is 11.6 Å². The van der Waals surface area contributed by atoms with Crippen LogP contribution in [-0.4, -0.2) is 17.2 Å². The van der Waals surface area contributed by atoms with Crippen molar-refractivity contribution in [2.45, 2.75) is 12.5 Å². The molecule has 0 bridgehead atoms. The van der Waals surface area contributed by atoms with Crippen LogP contribution in [0.5, 0.6) is 0 Å². The molecule has 2 N–H and O–H groups in total. The zero-order valence-electron chi connectivity index (χ0n) is 8.01. The lowest BCUT2D eigenvalue weighted by molar-refractivity contribution is -0.139. The molecule has 1 unspecified atom stereocenters. The summed E-state index contributed by atoms with van der Waals surface area (Å²) < 4.78 is 0. The molecule has 0 radical (unpaired) electrons. The standard InChI is InChI=1S/C11H11NO3/c13-11(14)7-9-6-10(12-15-9)8-4-2-1-3-5-8/h1-6,9,12H,7H2,(H,13,14). The highest BCUT2D eigenvalue weighted by Crippen LogP contribution is 2.19. The number of hydrogen-bond donors (Lipinski definition) is 2. The van der Waals surface area contributed by atoms with Crippen LogP contribution >= 0.6 is 0 Å². The monoisotopic (exact) mass is 205 g/mol. The van der Waals surface area contributed by atoms with Crippen molar-refractivity contribution in [3.8, 4) is 0 Å². The van der Waals surface area contributed by atoms with E-state index in [1.807, 2.05) is 30.3 Å². The Labute approximate surface area is 87.1 Å². The van der Waals surface area contributed by atoms with Crippen LogP contribution in [0.15, 0.2) is 36.4 Å². The Balaban J connectivity index is 2.10. The summed E-state index contributed by atoms with van der Waals surface area (Å²) >= 11 is 0. The van der Waals surface area contributed by atoms with E-state index in [-0.39, 0.29) is 6.42 Å². The first kappa shape index (κ1) is 9.73. The van der Waals surface area contributed by atoms with Gasteiger partial charge in [-0.1, -0.05) is 30.3 Å². The van der Waals surface area contributed by atoms with Crippen molar-refractivity contribution in [1.82, 2.24) is 5.48 Å². The molecule has 1 aliphatic heterocycles. The molecule has 4 heteroatoms. The zero-order chi connectivity index (χ0) is 10.7. The van der Waals surface area contributed by atoms with Crippen LogP contribution in [0.25, 0.3) is 5.70 Å². The maximum atomic E-state index is 10.5. The van der Waals surface area contributed by atoms with Crippen molar-refractivity contribution >= 4 is 11.7 Å². The van der Waals surface area contributed by atoms with E-state index in [0.717, 1.165) is 11.3 Å². The summed E-state index contributed by atoms with van der Waals surface area (Å²) in [7, 11) is 0. The van der Waals surface area contributed by atoms with Crippen LogP contribution in [0.4, 0.5) is 0 Å². The number of carboxylic acids is 1. The fourth-order valence-electron chi connectivity index (χ4n) is 1.44. The quantitative estimate of drug-likeness (QED) is 0.783. The van der Waals surface area contributed by atoms with E-state index < -0.39 is 12.1 Å².